The summed E-state index contributed by atoms with van der Waals surface area (Å²) in [5.74, 6) is -0.107. The first-order chi connectivity index (χ1) is 13.5. The van der Waals surface area contributed by atoms with Gasteiger partial charge in [0.25, 0.3) is 0 Å². The zero-order chi connectivity index (χ0) is 20.1. The second kappa shape index (κ2) is 8.99. The van der Waals surface area contributed by atoms with E-state index in [2.05, 4.69) is 10.6 Å². The number of phenolic OH excluding ortho intramolecular Hbond substituents is 1. The number of allylic oxidation sites excluding steroid dienone is 1. The van der Waals surface area contributed by atoms with Crippen LogP contribution in [-0.4, -0.2) is 29.8 Å². The van der Waals surface area contributed by atoms with Crippen molar-refractivity contribution in [2.45, 2.75) is 64.5 Å². The molecule has 3 rings (SSSR count). The molecule has 2 aliphatic rings. The first-order valence-corrected chi connectivity index (χ1v) is 9.94. The summed E-state index contributed by atoms with van der Waals surface area (Å²) in [6, 6.07) is 3.74. The number of carbonyl (C=O) groups is 2. The number of carbonyl (C=O) groups excluding carboxylic acids is 2. The molecular formula is C21H28N2O5. The molecule has 0 aromatic heterocycles. The fourth-order valence-electron chi connectivity index (χ4n) is 3.77. The molecule has 0 unspecified atom stereocenters. The summed E-state index contributed by atoms with van der Waals surface area (Å²) in [6.07, 6.45) is 6.11. The van der Waals surface area contributed by atoms with Crippen molar-refractivity contribution in [3.63, 3.8) is 0 Å². The standard InChI is InChI=1S/C21H28N2O5/c1-3-27-17-12-14(10-11-16(17)24)19-18(13(2)22-21(26)23-19)20(25)28-15-8-6-4-5-7-9-15/h10-12,15,19,24H,3-9H2,1-2H3,(H2,22,23,26)/t19-/m0/s1. The molecule has 0 saturated heterocycles. The Hall–Kier alpha value is -2.70. The fraction of sp³-hybridized carbons (Fsp3) is 0.524. The van der Waals surface area contributed by atoms with E-state index in [1.54, 1.807) is 19.1 Å². The Morgan fingerprint density at radius 3 is 2.61 bits per heavy atom. The van der Waals surface area contributed by atoms with Crippen molar-refractivity contribution < 1.29 is 24.2 Å². The predicted molar refractivity (Wildman–Crippen MR) is 104 cm³/mol. The molecule has 3 N–H and O–H groups in total. The number of urea groups is 1. The fourth-order valence-corrected chi connectivity index (χ4v) is 3.77. The van der Waals surface area contributed by atoms with E-state index in [4.69, 9.17) is 9.47 Å². The van der Waals surface area contributed by atoms with Gasteiger partial charge in [-0.15, -0.1) is 0 Å². The van der Waals surface area contributed by atoms with E-state index in [0.717, 1.165) is 25.7 Å². The van der Waals surface area contributed by atoms with Crippen LogP contribution in [0.2, 0.25) is 0 Å². The molecule has 1 fully saturated rings. The Morgan fingerprint density at radius 2 is 1.93 bits per heavy atom. The molecule has 1 saturated carbocycles. The van der Waals surface area contributed by atoms with Gasteiger partial charge in [-0.1, -0.05) is 18.9 Å². The lowest BCUT2D eigenvalue weighted by atomic mass is 9.95. The minimum atomic E-state index is -0.674. The summed E-state index contributed by atoms with van der Waals surface area (Å²) < 4.78 is 11.2. The van der Waals surface area contributed by atoms with Gasteiger partial charge in [0.15, 0.2) is 11.5 Å². The zero-order valence-electron chi connectivity index (χ0n) is 16.4. The summed E-state index contributed by atoms with van der Waals surface area (Å²) >= 11 is 0. The summed E-state index contributed by atoms with van der Waals surface area (Å²) in [5, 5.41) is 15.4. The highest BCUT2D eigenvalue weighted by Crippen LogP contribution is 2.34. The lowest BCUT2D eigenvalue weighted by molar-refractivity contribution is -0.145. The van der Waals surface area contributed by atoms with E-state index in [9.17, 15) is 14.7 Å². The van der Waals surface area contributed by atoms with Gasteiger partial charge in [0, 0.05) is 5.70 Å². The van der Waals surface area contributed by atoms with Crippen molar-refractivity contribution in [3.8, 4) is 11.5 Å². The Bertz CT molecular complexity index is 766. The average molecular weight is 388 g/mol. The highest BCUT2D eigenvalue weighted by Gasteiger charge is 2.34. The van der Waals surface area contributed by atoms with Crippen molar-refractivity contribution in [1.29, 1.82) is 0 Å². The molecule has 1 heterocycles. The quantitative estimate of drug-likeness (QED) is 0.528. The molecule has 1 aromatic carbocycles. The molecule has 0 radical (unpaired) electrons. The number of hydrogen-bond donors (Lipinski definition) is 3. The van der Waals surface area contributed by atoms with Gasteiger partial charge in [-0.05, 0) is 57.2 Å². The summed E-state index contributed by atoms with van der Waals surface area (Å²) in [6.45, 7) is 3.90. The minimum Gasteiger partial charge on any atom is -0.504 e. The molecule has 7 nitrogen and oxygen atoms in total. The average Bonchev–Trinajstić information content (AvgIpc) is 2.91. The molecule has 7 heteroatoms. The van der Waals surface area contributed by atoms with Crippen molar-refractivity contribution in [3.05, 3.63) is 35.0 Å². The number of amides is 2. The smallest absolute Gasteiger partial charge is 0.338 e. The lowest BCUT2D eigenvalue weighted by Gasteiger charge is -2.29. The van der Waals surface area contributed by atoms with Crippen molar-refractivity contribution >= 4 is 12.0 Å². The van der Waals surface area contributed by atoms with Crippen LogP contribution in [0.15, 0.2) is 29.5 Å². The molecule has 152 valence electrons. The van der Waals surface area contributed by atoms with Crippen molar-refractivity contribution in [2.24, 2.45) is 0 Å². The molecule has 1 atom stereocenters. The Balaban J connectivity index is 1.88. The highest BCUT2D eigenvalue weighted by molar-refractivity contribution is 5.95. The van der Waals surface area contributed by atoms with E-state index in [-0.39, 0.29) is 17.9 Å². The highest BCUT2D eigenvalue weighted by atomic mass is 16.5. The van der Waals surface area contributed by atoms with Gasteiger partial charge in [0.05, 0.1) is 18.2 Å². The molecule has 1 aromatic rings. The molecule has 0 spiro atoms. The monoisotopic (exact) mass is 388 g/mol. The third kappa shape index (κ3) is 4.58. The van der Waals surface area contributed by atoms with Gasteiger partial charge in [0.2, 0.25) is 0 Å². The maximum absolute atomic E-state index is 13.0. The number of phenols is 1. The number of rotatable bonds is 5. The van der Waals surface area contributed by atoms with Crippen molar-refractivity contribution in [1.82, 2.24) is 10.6 Å². The first kappa shape index (κ1) is 20.0. The van der Waals surface area contributed by atoms with E-state index in [1.807, 2.05) is 6.92 Å². The molecule has 28 heavy (non-hydrogen) atoms. The molecule has 2 amide bonds. The van der Waals surface area contributed by atoms with Gasteiger partial charge in [-0.25, -0.2) is 9.59 Å². The van der Waals surface area contributed by atoms with E-state index in [0.29, 0.717) is 29.2 Å². The summed E-state index contributed by atoms with van der Waals surface area (Å²) in [5.41, 5.74) is 1.48. The van der Waals surface area contributed by atoms with Gasteiger partial charge < -0.3 is 25.2 Å². The topological polar surface area (TPSA) is 96.9 Å². The van der Waals surface area contributed by atoms with Gasteiger partial charge in [0.1, 0.15) is 6.10 Å². The van der Waals surface area contributed by atoms with Crippen LogP contribution in [0.5, 0.6) is 11.5 Å². The number of ether oxygens (including phenoxy) is 2. The van der Waals surface area contributed by atoms with Gasteiger partial charge in [-0.3, -0.25) is 0 Å². The van der Waals surface area contributed by atoms with Crippen molar-refractivity contribution in [2.75, 3.05) is 6.61 Å². The predicted octanol–water partition coefficient (Wildman–Crippen LogP) is 3.68. The number of hydrogen-bond acceptors (Lipinski definition) is 5. The van der Waals surface area contributed by atoms with Crippen LogP contribution in [0.25, 0.3) is 0 Å². The normalized spacial score (nSPS) is 20.8. The van der Waals surface area contributed by atoms with Crippen LogP contribution in [0, 0.1) is 0 Å². The third-order valence-corrected chi connectivity index (χ3v) is 5.18. The van der Waals surface area contributed by atoms with Crippen LogP contribution < -0.4 is 15.4 Å². The van der Waals surface area contributed by atoms with Crippen LogP contribution >= 0.6 is 0 Å². The lowest BCUT2D eigenvalue weighted by Crippen LogP contribution is -2.45. The Kier molecular flexibility index (Phi) is 6.44. The molecular weight excluding hydrogens is 360 g/mol. The number of aromatic hydroxyl groups is 1. The minimum absolute atomic E-state index is 0.00847. The summed E-state index contributed by atoms with van der Waals surface area (Å²) in [7, 11) is 0. The summed E-state index contributed by atoms with van der Waals surface area (Å²) in [4.78, 5) is 25.1. The van der Waals surface area contributed by atoms with E-state index < -0.39 is 12.0 Å². The van der Waals surface area contributed by atoms with Gasteiger partial charge >= 0.3 is 12.0 Å². The van der Waals surface area contributed by atoms with Crippen LogP contribution in [0.3, 0.4) is 0 Å². The number of benzene rings is 1. The van der Waals surface area contributed by atoms with Gasteiger partial charge in [-0.2, -0.15) is 0 Å². The number of esters is 1. The maximum Gasteiger partial charge on any atom is 0.338 e. The zero-order valence-corrected chi connectivity index (χ0v) is 16.4. The Labute approximate surface area is 165 Å². The number of nitrogens with one attached hydrogen (secondary N) is 2. The van der Waals surface area contributed by atoms with Crippen LogP contribution in [0.1, 0.15) is 64.0 Å². The molecule has 0 bridgehead atoms. The molecule has 1 aliphatic carbocycles. The molecule has 1 aliphatic heterocycles. The van der Waals surface area contributed by atoms with E-state index in [1.165, 1.54) is 18.9 Å². The second-order valence-corrected chi connectivity index (χ2v) is 7.25. The van der Waals surface area contributed by atoms with Crippen LogP contribution in [0.4, 0.5) is 4.79 Å². The SMILES string of the molecule is CCOc1cc([C@@H]2NC(=O)NC(C)=C2C(=O)OC2CCCCCC2)ccc1O. The van der Waals surface area contributed by atoms with Crippen LogP contribution in [-0.2, 0) is 9.53 Å². The third-order valence-electron chi connectivity index (χ3n) is 5.18. The Morgan fingerprint density at radius 1 is 1.21 bits per heavy atom. The first-order valence-electron chi connectivity index (χ1n) is 9.94. The maximum atomic E-state index is 13.0. The largest absolute Gasteiger partial charge is 0.504 e. The van der Waals surface area contributed by atoms with E-state index >= 15 is 0 Å². The second-order valence-electron chi connectivity index (χ2n) is 7.25.